The molecule has 0 saturated carbocycles. The van der Waals surface area contributed by atoms with E-state index in [0.29, 0.717) is 18.1 Å². The van der Waals surface area contributed by atoms with Gasteiger partial charge in [0.15, 0.2) is 5.96 Å². The van der Waals surface area contributed by atoms with Crippen LogP contribution in [0.4, 0.5) is 8.78 Å². The number of aromatic nitrogens is 1. The quantitative estimate of drug-likeness (QED) is 0.223. The number of aromatic amines is 1. The molecule has 1 heterocycles. The van der Waals surface area contributed by atoms with E-state index in [4.69, 9.17) is 0 Å². The normalized spacial score (nSPS) is 12.9. The van der Waals surface area contributed by atoms with Gasteiger partial charge in [-0.2, -0.15) is 8.78 Å². The highest BCUT2D eigenvalue weighted by Gasteiger charge is 2.10. The maximum atomic E-state index is 12.2. The van der Waals surface area contributed by atoms with Gasteiger partial charge in [-0.25, -0.2) is 0 Å². The first kappa shape index (κ1) is 22.6. The topological polar surface area (TPSA) is 81.7 Å². The molecular formula is C23H28F2N4O2. The standard InChI is InChI=1S/C23H28F2N4O2/c1-2-26-23(27-13-5-6-17-14-28-20-8-4-3-7-19(17)20)29-15-21(30)16-9-11-18(12-10-16)31-22(24)25/h3-4,7-12,14,21-22,28,30H,2,5-6,13,15H2,1H3,(H2,26,27,29). The molecule has 0 aliphatic rings. The number of hydrogen-bond acceptors (Lipinski definition) is 3. The number of aliphatic hydroxyl groups is 1. The van der Waals surface area contributed by atoms with Crippen molar-refractivity contribution in [2.75, 3.05) is 19.6 Å². The van der Waals surface area contributed by atoms with Crippen molar-refractivity contribution in [1.82, 2.24) is 15.6 Å². The van der Waals surface area contributed by atoms with Gasteiger partial charge in [0, 0.05) is 30.2 Å². The number of aliphatic hydroxyl groups excluding tert-OH is 1. The molecular weight excluding hydrogens is 402 g/mol. The van der Waals surface area contributed by atoms with Crippen LogP contribution in [0.25, 0.3) is 10.9 Å². The minimum absolute atomic E-state index is 0.0552. The predicted molar refractivity (Wildman–Crippen MR) is 119 cm³/mol. The summed E-state index contributed by atoms with van der Waals surface area (Å²) in [6.07, 6.45) is 3.08. The Hall–Kier alpha value is -3.13. The van der Waals surface area contributed by atoms with Crippen LogP contribution in [0.2, 0.25) is 0 Å². The Labute approximate surface area is 180 Å². The van der Waals surface area contributed by atoms with Crippen LogP contribution < -0.4 is 15.4 Å². The average molecular weight is 430 g/mol. The maximum Gasteiger partial charge on any atom is 0.387 e. The van der Waals surface area contributed by atoms with Crippen LogP contribution >= 0.6 is 0 Å². The number of nitrogens with zero attached hydrogens (tertiary/aromatic N) is 1. The molecule has 6 nitrogen and oxygen atoms in total. The maximum absolute atomic E-state index is 12.2. The molecule has 0 fully saturated rings. The third-order valence-electron chi connectivity index (χ3n) is 4.85. The van der Waals surface area contributed by atoms with Crippen LogP contribution in [0.15, 0.2) is 59.7 Å². The Morgan fingerprint density at radius 2 is 1.90 bits per heavy atom. The second-order valence-electron chi connectivity index (χ2n) is 7.07. The Balaban J connectivity index is 1.48. The Morgan fingerprint density at radius 1 is 1.13 bits per heavy atom. The van der Waals surface area contributed by atoms with Crippen molar-refractivity contribution in [2.24, 2.45) is 4.99 Å². The van der Waals surface area contributed by atoms with Crippen molar-refractivity contribution in [3.63, 3.8) is 0 Å². The van der Waals surface area contributed by atoms with E-state index < -0.39 is 12.7 Å². The molecule has 3 aromatic rings. The molecule has 8 heteroatoms. The van der Waals surface area contributed by atoms with Crippen molar-refractivity contribution in [1.29, 1.82) is 0 Å². The molecule has 31 heavy (non-hydrogen) atoms. The number of rotatable bonds is 10. The van der Waals surface area contributed by atoms with Gasteiger partial charge in [-0.1, -0.05) is 30.3 Å². The van der Waals surface area contributed by atoms with E-state index in [1.54, 1.807) is 12.1 Å². The molecule has 1 unspecified atom stereocenters. The zero-order chi connectivity index (χ0) is 22.1. The summed E-state index contributed by atoms with van der Waals surface area (Å²) in [4.78, 5) is 7.72. The summed E-state index contributed by atoms with van der Waals surface area (Å²) in [5.41, 5.74) is 3.01. The van der Waals surface area contributed by atoms with Gasteiger partial charge in [0.2, 0.25) is 0 Å². The lowest BCUT2D eigenvalue weighted by Gasteiger charge is -2.14. The number of alkyl halides is 2. The van der Waals surface area contributed by atoms with Crippen molar-refractivity contribution >= 4 is 16.9 Å². The zero-order valence-corrected chi connectivity index (χ0v) is 17.4. The minimum atomic E-state index is -2.87. The third-order valence-corrected chi connectivity index (χ3v) is 4.85. The summed E-state index contributed by atoms with van der Waals surface area (Å²) < 4.78 is 28.8. The first-order valence-electron chi connectivity index (χ1n) is 10.4. The largest absolute Gasteiger partial charge is 0.435 e. The first-order valence-corrected chi connectivity index (χ1v) is 10.4. The molecule has 0 aliphatic carbocycles. The molecule has 0 radical (unpaired) electrons. The first-order chi connectivity index (χ1) is 15.1. The zero-order valence-electron chi connectivity index (χ0n) is 17.4. The molecule has 1 aromatic heterocycles. The number of aryl methyl sites for hydroxylation is 1. The van der Waals surface area contributed by atoms with Crippen LogP contribution in [-0.2, 0) is 6.42 Å². The predicted octanol–water partition coefficient (Wildman–Crippen LogP) is 3.99. The van der Waals surface area contributed by atoms with Gasteiger partial charge in [0.25, 0.3) is 0 Å². The van der Waals surface area contributed by atoms with Crippen LogP contribution in [0, 0.1) is 0 Å². The molecule has 1 atom stereocenters. The van der Waals surface area contributed by atoms with E-state index in [0.717, 1.165) is 24.9 Å². The molecule has 4 N–H and O–H groups in total. The van der Waals surface area contributed by atoms with E-state index >= 15 is 0 Å². The highest BCUT2D eigenvalue weighted by atomic mass is 19.3. The summed E-state index contributed by atoms with van der Waals surface area (Å²) in [7, 11) is 0. The summed E-state index contributed by atoms with van der Waals surface area (Å²) in [6.45, 7) is 0.685. The van der Waals surface area contributed by atoms with Crippen molar-refractivity contribution in [3.8, 4) is 5.75 Å². The van der Waals surface area contributed by atoms with Crippen molar-refractivity contribution in [2.45, 2.75) is 32.5 Å². The summed E-state index contributed by atoms with van der Waals surface area (Å²) >= 11 is 0. The van der Waals surface area contributed by atoms with Gasteiger partial charge in [0.05, 0.1) is 12.6 Å². The summed E-state index contributed by atoms with van der Waals surface area (Å²) in [5, 5.41) is 18.0. The van der Waals surface area contributed by atoms with Crippen molar-refractivity contribution in [3.05, 3.63) is 65.9 Å². The number of fused-ring (bicyclic) bond motifs is 1. The lowest BCUT2D eigenvalue weighted by atomic mass is 10.1. The highest BCUT2D eigenvalue weighted by Crippen LogP contribution is 2.20. The number of para-hydroxylation sites is 1. The Bertz CT molecular complexity index is 973. The van der Waals surface area contributed by atoms with Gasteiger partial charge in [0.1, 0.15) is 5.75 Å². The number of hydrogen-bond donors (Lipinski definition) is 4. The van der Waals surface area contributed by atoms with Crippen LogP contribution in [0.3, 0.4) is 0 Å². The van der Waals surface area contributed by atoms with Gasteiger partial charge < -0.3 is 25.5 Å². The molecule has 0 spiro atoms. The molecule has 2 aromatic carbocycles. The van der Waals surface area contributed by atoms with E-state index in [9.17, 15) is 13.9 Å². The number of benzene rings is 2. The van der Waals surface area contributed by atoms with Crippen LogP contribution in [0.1, 0.15) is 30.6 Å². The molecule has 3 rings (SSSR count). The summed E-state index contributed by atoms with van der Waals surface area (Å²) in [5.74, 6) is 0.679. The second-order valence-corrected chi connectivity index (χ2v) is 7.07. The third kappa shape index (κ3) is 6.68. The number of H-pyrrole nitrogens is 1. The molecule has 0 bridgehead atoms. The van der Waals surface area contributed by atoms with Crippen LogP contribution in [-0.4, -0.2) is 42.3 Å². The fraction of sp³-hybridized carbons (Fsp3) is 0.348. The average Bonchev–Trinajstić information content (AvgIpc) is 3.18. The van der Waals surface area contributed by atoms with E-state index in [2.05, 4.69) is 43.7 Å². The van der Waals surface area contributed by atoms with E-state index in [1.165, 1.54) is 23.1 Å². The fourth-order valence-electron chi connectivity index (χ4n) is 3.32. The lowest BCUT2D eigenvalue weighted by molar-refractivity contribution is -0.0498. The molecule has 0 aliphatic heterocycles. The monoisotopic (exact) mass is 430 g/mol. The number of guanidine groups is 1. The SMILES string of the molecule is CCNC(=NCC(O)c1ccc(OC(F)F)cc1)NCCCc1c[nH]c2ccccc12. The second kappa shape index (κ2) is 11.3. The van der Waals surface area contributed by atoms with E-state index in [-0.39, 0.29) is 12.3 Å². The van der Waals surface area contributed by atoms with Gasteiger partial charge in [-0.3, -0.25) is 4.99 Å². The van der Waals surface area contributed by atoms with Crippen molar-refractivity contribution < 1.29 is 18.6 Å². The number of halogens is 2. The smallest absolute Gasteiger partial charge is 0.387 e. The van der Waals surface area contributed by atoms with Gasteiger partial charge >= 0.3 is 6.61 Å². The number of aliphatic imine (C=N–C) groups is 1. The van der Waals surface area contributed by atoms with Crippen LogP contribution in [0.5, 0.6) is 5.75 Å². The highest BCUT2D eigenvalue weighted by molar-refractivity contribution is 5.83. The van der Waals surface area contributed by atoms with E-state index in [1.807, 2.05) is 19.1 Å². The number of nitrogens with one attached hydrogen (secondary N) is 3. The molecule has 0 amide bonds. The minimum Gasteiger partial charge on any atom is -0.435 e. The Morgan fingerprint density at radius 3 is 2.65 bits per heavy atom. The lowest BCUT2D eigenvalue weighted by Crippen LogP contribution is -2.38. The fourth-order valence-corrected chi connectivity index (χ4v) is 3.32. The Kier molecular flexibility index (Phi) is 8.23. The summed E-state index contributed by atoms with van der Waals surface area (Å²) in [6, 6.07) is 14.2. The van der Waals surface area contributed by atoms with Gasteiger partial charge in [-0.15, -0.1) is 0 Å². The number of ether oxygens (including phenoxy) is 1. The molecule has 166 valence electrons. The molecule has 0 saturated heterocycles. The van der Waals surface area contributed by atoms with Gasteiger partial charge in [-0.05, 0) is 49.1 Å².